The van der Waals surface area contributed by atoms with Crippen molar-refractivity contribution in [2.75, 3.05) is 31.5 Å². The lowest BCUT2D eigenvalue weighted by Crippen LogP contribution is -2.45. The molecule has 3 aromatic rings. The van der Waals surface area contributed by atoms with Crippen LogP contribution in [0.15, 0.2) is 42.7 Å². The van der Waals surface area contributed by atoms with Crippen LogP contribution in [0.2, 0.25) is 0 Å². The van der Waals surface area contributed by atoms with Gasteiger partial charge >= 0.3 is 0 Å². The number of nitrogens with zero attached hydrogens (tertiary/aromatic N) is 4. The van der Waals surface area contributed by atoms with Crippen LogP contribution in [0.4, 0.5) is 14.6 Å². The maximum absolute atomic E-state index is 13.9. The third kappa shape index (κ3) is 6.39. The Morgan fingerprint density at radius 1 is 1.14 bits per heavy atom. The molecule has 1 aromatic carbocycles. The molecule has 0 radical (unpaired) electrons. The van der Waals surface area contributed by atoms with Crippen LogP contribution in [0.5, 0.6) is 0 Å². The van der Waals surface area contributed by atoms with Gasteiger partial charge in [0.15, 0.2) is 0 Å². The van der Waals surface area contributed by atoms with Crippen molar-refractivity contribution in [2.24, 2.45) is 5.92 Å². The third-order valence-corrected chi connectivity index (χ3v) is 7.26. The summed E-state index contributed by atoms with van der Waals surface area (Å²) in [7, 11) is 0. The molecule has 2 aromatic heterocycles. The molecule has 1 aliphatic heterocycles. The van der Waals surface area contributed by atoms with Gasteiger partial charge in [-0.05, 0) is 49.4 Å². The van der Waals surface area contributed by atoms with Gasteiger partial charge in [0.25, 0.3) is 11.8 Å². The highest BCUT2D eigenvalue weighted by molar-refractivity contribution is 6.06. The predicted molar refractivity (Wildman–Crippen MR) is 140 cm³/mol. The lowest BCUT2D eigenvalue weighted by molar-refractivity contribution is -0.0632. The van der Waals surface area contributed by atoms with Gasteiger partial charge in [-0.2, -0.15) is 0 Å². The summed E-state index contributed by atoms with van der Waals surface area (Å²) in [4.78, 5) is 28.9. The van der Waals surface area contributed by atoms with Crippen LogP contribution in [0.25, 0.3) is 10.9 Å². The molecule has 2 fully saturated rings. The van der Waals surface area contributed by atoms with Gasteiger partial charge in [0, 0.05) is 74.3 Å². The van der Waals surface area contributed by atoms with E-state index in [4.69, 9.17) is 0 Å². The number of fused-ring (bicyclic) bond motifs is 1. The molecule has 9 heteroatoms. The lowest BCUT2D eigenvalue weighted by atomic mass is 10.0. The number of pyridine rings is 1. The molecule has 0 spiro atoms. The fraction of sp³-hybridized carbons (Fsp3) is 0.500. The number of hydrogen-bond donors (Lipinski definition) is 2. The highest BCUT2D eigenvalue weighted by Gasteiger charge is 2.37. The fourth-order valence-corrected chi connectivity index (χ4v) is 4.82. The van der Waals surface area contributed by atoms with Crippen LogP contribution in [-0.2, 0) is 6.42 Å². The Kier molecular flexibility index (Phi) is 7.60. The smallest absolute Gasteiger partial charge is 0.252 e. The molecule has 1 aliphatic carbocycles. The van der Waals surface area contributed by atoms with E-state index >= 15 is 0 Å². The number of amides is 1. The van der Waals surface area contributed by atoms with Crippen LogP contribution >= 0.6 is 0 Å². The third-order valence-electron chi connectivity index (χ3n) is 7.26. The van der Waals surface area contributed by atoms with E-state index in [9.17, 15) is 13.6 Å². The second-order valence-corrected chi connectivity index (χ2v) is 10.2. The molecule has 1 unspecified atom stereocenters. The molecule has 3 heterocycles. The zero-order chi connectivity index (χ0) is 25.8. The number of likely N-dealkylation sites (tertiary alicyclic amines) is 1. The first-order chi connectivity index (χ1) is 17.9. The number of benzene rings is 1. The topological polar surface area (TPSA) is 83.0 Å². The standard InChI is InChI=1S/C28H34F2N6O/c1-2-4-25-32-16-20(17-33-25)24(36-13-11-28(29,30)12-14-36)18-34-27(37)22-5-3-6-23-21(22)9-10-26(35-23)31-15-19-7-8-19/h3,5-6,9-10,16-17,19,24H,2,4,7-8,11-15,18H2,1H3,(H,31,35)(H,34,37). The molecule has 1 saturated carbocycles. The predicted octanol–water partition coefficient (Wildman–Crippen LogP) is 5.00. The summed E-state index contributed by atoms with van der Waals surface area (Å²) in [5.74, 6) is -0.559. The molecule has 5 rings (SSSR count). The summed E-state index contributed by atoms with van der Waals surface area (Å²) in [6.45, 7) is 3.76. The molecular formula is C28H34F2N6O. The van der Waals surface area contributed by atoms with Gasteiger partial charge in [0.1, 0.15) is 11.6 Å². The number of rotatable bonds is 10. The van der Waals surface area contributed by atoms with Crippen molar-refractivity contribution in [1.82, 2.24) is 25.2 Å². The number of hydrogen-bond acceptors (Lipinski definition) is 6. The molecule has 0 bridgehead atoms. The van der Waals surface area contributed by atoms with E-state index in [2.05, 4.69) is 32.5 Å². The molecule has 1 saturated heterocycles. The highest BCUT2D eigenvalue weighted by atomic mass is 19.3. The second kappa shape index (κ2) is 11.0. The van der Waals surface area contributed by atoms with Crippen molar-refractivity contribution in [2.45, 2.75) is 57.4 Å². The van der Waals surface area contributed by atoms with Gasteiger partial charge in [-0.15, -0.1) is 0 Å². The summed E-state index contributed by atoms with van der Waals surface area (Å²) >= 11 is 0. The Morgan fingerprint density at radius 3 is 2.59 bits per heavy atom. The number of piperidine rings is 1. The van der Waals surface area contributed by atoms with Crippen molar-refractivity contribution in [1.29, 1.82) is 0 Å². The number of nitrogens with one attached hydrogen (secondary N) is 2. The minimum absolute atomic E-state index is 0.196. The van der Waals surface area contributed by atoms with Crippen molar-refractivity contribution in [3.8, 4) is 0 Å². The van der Waals surface area contributed by atoms with Gasteiger partial charge in [0.05, 0.1) is 11.6 Å². The van der Waals surface area contributed by atoms with E-state index in [1.54, 1.807) is 18.5 Å². The molecule has 1 amide bonds. The average molecular weight is 509 g/mol. The Bertz CT molecular complexity index is 1220. The lowest BCUT2D eigenvalue weighted by Gasteiger charge is -2.37. The molecule has 37 heavy (non-hydrogen) atoms. The second-order valence-electron chi connectivity index (χ2n) is 10.2. The number of aryl methyl sites for hydroxylation is 1. The Balaban J connectivity index is 1.31. The number of halogens is 2. The maximum Gasteiger partial charge on any atom is 0.252 e. The molecule has 1 atom stereocenters. The SMILES string of the molecule is CCCc1ncc(C(CNC(=O)c2cccc3nc(NCC4CC4)ccc23)N2CCC(F)(F)CC2)cn1. The maximum atomic E-state index is 13.9. The van der Waals surface area contributed by atoms with E-state index in [0.29, 0.717) is 5.56 Å². The minimum atomic E-state index is -2.64. The van der Waals surface area contributed by atoms with Crippen LogP contribution in [0, 0.1) is 5.92 Å². The normalized spacial score (nSPS) is 18.5. The highest BCUT2D eigenvalue weighted by Crippen LogP contribution is 2.32. The van der Waals surface area contributed by atoms with Crippen molar-refractivity contribution in [3.63, 3.8) is 0 Å². The van der Waals surface area contributed by atoms with Crippen molar-refractivity contribution in [3.05, 3.63) is 59.7 Å². The van der Waals surface area contributed by atoms with E-state index in [0.717, 1.165) is 53.4 Å². The molecule has 7 nitrogen and oxygen atoms in total. The van der Waals surface area contributed by atoms with Crippen LogP contribution in [0.3, 0.4) is 0 Å². The summed E-state index contributed by atoms with van der Waals surface area (Å²) in [5, 5.41) is 7.20. The first kappa shape index (κ1) is 25.4. The number of carbonyl (C=O) groups is 1. The zero-order valence-electron chi connectivity index (χ0n) is 21.2. The van der Waals surface area contributed by atoms with E-state index < -0.39 is 5.92 Å². The Labute approximate surface area is 216 Å². The average Bonchev–Trinajstić information content (AvgIpc) is 3.73. The van der Waals surface area contributed by atoms with Gasteiger partial charge in [-0.25, -0.2) is 23.7 Å². The number of anilines is 1. The molecular weight excluding hydrogens is 474 g/mol. The van der Waals surface area contributed by atoms with Gasteiger partial charge in [-0.3, -0.25) is 9.69 Å². The van der Waals surface area contributed by atoms with E-state index in [-0.39, 0.29) is 44.4 Å². The van der Waals surface area contributed by atoms with Gasteiger partial charge < -0.3 is 10.6 Å². The Morgan fingerprint density at radius 2 is 1.89 bits per heavy atom. The number of carbonyl (C=O) groups excluding carboxylic acids is 1. The van der Waals surface area contributed by atoms with Crippen LogP contribution in [-0.4, -0.2) is 57.9 Å². The van der Waals surface area contributed by atoms with Crippen LogP contribution < -0.4 is 10.6 Å². The van der Waals surface area contributed by atoms with E-state index in [1.807, 2.05) is 29.2 Å². The summed E-state index contributed by atoms with van der Waals surface area (Å²) in [5.41, 5.74) is 2.11. The molecule has 2 aliphatic rings. The summed E-state index contributed by atoms with van der Waals surface area (Å²) in [6, 6.07) is 9.07. The summed E-state index contributed by atoms with van der Waals surface area (Å²) in [6.07, 6.45) is 7.39. The van der Waals surface area contributed by atoms with Gasteiger partial charge in [0.2, 0.25) is 0 Å². The number of aromatic nitrogens is 3. The summed E-state index contributed by atoms with van der Waals surface area (Å²) < 4.78 is 27.7. The zero-order valence-corrected chi connectivity index (χ0v) is 21.2. The van der Waals surface area contributed by atoms with Crippen LogP contribution in [0.1, 0.15) is 66.8 Å². The minimum Gasteiger partial charge on any atom is -0.370 e. The van der Waals surface area contributed by atoms with Crippen molar-refractivity contribution >= 4 is 22.6 Å². The quantitative estimate of drug-likeness (QED) is 0.401. The Hall–Kier alpha value is -3.20. The van der Waals surface area contributed by atoms with Crippen molar-refractivity contribution < 1.29 is 13.6 Å². The number of alkyl halides is 2. The largest absolute Gasteiger partial charge is 0.370 e. The monoisotopic (exact) mass is 508 g/mol. The first-order valence-electron chi connectivity index (χ1n) is 13.3. The fourth-order valence-electron chi connectivity index (χ4n) is 4.82. The first-order valence-corrected chi connectivity index (χ1v) is 13.3. The molecule has 2 N–H and O–H groups in total. The molecule has 196 valence electrons. The van der Waals surface area contributed by atoms with E-state index in [1.165, 1.54) is 12.8 Å². The van der Waals surface area contributed by atoms with Gasteiger partial charge in [-0.1, -0.05) is 13.0 Å².